The quantitative estimate of drug-likeness (QED) is 0.574. The first kappa shape index (κ1) is 15.1. The van der Waals surface area contributed by atoms with E-state index in [1.807, 2.05) is 29.9 Å². The lowest BCUT2D eigenvalue weighted by atomic mass is 10.2. The van der Waals surface area contributed by atoms with Gasteiger partial charge in [-0.3, -0.25) is 4.98 Å². The van der Waals surface area contributed by atoms with E-state index in [9.17, 15) is 4.39 Å². The molecule has 0 aliphatic rings. The van der Waals surface area contributed by atoms with Gasteiger partial charge in [-0.1, -0.05) is 12.1 Å². The van der Waals surface area contributed by atoms with Crippen molar-refractivity contribution in [3.8, 4) is 34.0 Å². The lowest BCUT2D eigenvalue weighted by Crippen LogP contribution is -1.91. The van der Waals surface area contributed by atoms with E-state index in [-0.39, 0.29) is 5.82 Å². The maximum Gasteiger partial charge on any atom is 0.159 e. The van der Waals surface area contributed by atoms with E-state index in [1.54, 1.807) is 36.9 Å². The molecule has 3 aromatic heterocycles. The third kappa shape index (κ3) is 3.01. The zero-order valence-electron chi connectivity index (χ0n) is 13.5. The third-order valence-corrected chi connectivity index (χ3v) is 3.83. The summed E-state index contributed by atoms with van der Waals surface area (Å²) in [5.74, 6) is 0.986. The molecule has 0 saturated carbocycles. The highest BCUT2D eigenvalue weighted by atomic mass is 19.1. The predicted octanol–water partition coefficient (Wildman–Crippen LogP) is 3.75. The number of hydrogen-bond donors (Lipinski definition) is 0. The van der Waals surface area contributed by atoms with Gasteiger partial charge >= 0.3 is 0 Å². The van der Waals surface area contributed by atoms with Gasteiger partial charge in [-0.2, -0.15) is 0 Å². The van der Waals surface area contributed by atoms with Gasteiger partial charge in [0.15, 0.2) is 5.82 Å². The first-order chi connectivity index (χ1) is 12.2. The van der Waals surface area contributed by atoms with Crippen molar-refractivity contribution in [1.82, 2.24) is 24.5 Å². The van der Waals surface area contributed by atoms with Crippen molar-refractivity contribution in [2.24, 2.45) is 7.05 Å². The molecule has 0 atom stereocenters. The lowest BCUT2D eigenvalue weighted by Gasteiger charge is -2.01. The molecule has 6 heteroatoms. The van der Waals surface area contributed by atoms with Crippen LogP contribution in [0.2, 0.25) is 0 Å². The Labute approximate surface area is 143 Å². The summed E-state index contributed by atoms with van der Waals surface area (Å²) in [5, 5.41) is 0. The molecule has 0 unspecified atom stereocenters. The monoisotopic (exact) mass is 331 g/mol. The lowest BCUT2D eigenvalue weighted by molar-refractivity contribution is 0.628. The molecule has 0 N–H and O–H groups in total. The average molecular weight is 331 g/mol. The second-order valence-corrected chi connectivity index (χ2v) is 5.61. The molecular weight excluding hydrogens is 317 g/mol. The number of aromatic nitrogens is 5. The van der Waals surface area contributed by atoms with Crippen molar-refractivity contribution in [3.63, 3.8) is 0 Å². The second-order valence-electron chi connectivity index (χ2n) is 5.61. The molecule has 3 heterocycles. The summed E-state index contributed by atoms with van der Waals surface area (Å²) < 4.78 is 15.3. The van der Waals surface area contributed by atoms with Crippen molar-refractivity contribution >= 4 is 0 Å². The Morgan fingerprint density at radius 3 is 2.44 bits per heavy atom. The van der Waals surface area contributed by atoms with Crippen LogP contribution in [0.1, 0.15) is 0 Å². The third-order valence-electron chi connectivity index (χ3n) is 3.83. The van der Waals surface area contributed by atoms with Gasteiger partial charge < -0.3 is 4.57 Å². The smallest absolute Gasteiger partial charge is 0.159 e. The Bertz CT molecular complexity index is 1010. The molecule has 0 bridgehead atoms. The summed E-state index contributed by atoms with van der Waals surface area (Å²) in [7, 11) is 1.93. The molecule has 0 aliphatic carbocycles. The van der Waals surface area contributed by atoms with Gasteiger partial charge in [-0.05, 0) is 24.3 Å². The first-order valence-electron chi connectivity index (χ1n) is 7.73. The molecule has 0 amide bonds. The Kier molecular flexibility index (Phi) is 3.78. The molecule has 5 nitrogen and oxygen atoms in total. The molecule has 1 aromatic carbocycles. The summed E-state index contributed by atoms with van der Waals surface area (Å²) in [4.78, 5) is 17.5. The number of aryl methyl sites for hydroxylation is 1. The van der Waals surface area contributed by atoms with E-state index in [2.05, 4.69) is 19.9 Å². The SMILES string of the molecule is Cn1cc(-c2cnc(-c3cccc(F)c3)nc2)nc1-c1cccnc1. The maximum atomic E-state index is 13.3. The van der Waals surface area contributed by atoms with Crippen LogP contribution in [0.4, 0.5) is 4.39 Å². The Morgan fingerprint density at radius 1 is 0.920 bits per heavy atom. The number of benzene rings is 1. The van der Waals surface area contributed by atoms with Gasteiger partial charge in [0.05, 0.1) is 5.69 Å². The number of hydrogen-bond acceptors (Lipinski definition) is 4. The first-order valence-corrected chi connectivity index (χ1v) is 7.73. The summed E-state index contributed by atoms with van der Waals surface area (Å²) in [5.41, 5.74) is 3.15. The summed E-state index contributed by atoms with van der Waals surface area (Å²) in [6.07, 6.45) is 8.82. The van der Waals surface area contributed by atoms with Gasteiger partial charge in [0, 0.05) is 54.7 Å². The summed E-state index contributed by atoms with van der Waals surface area (Å²) in [6.45, 7) is 0. The van der Waals surface area contributed by atoms with Crippen LogP contribution in [-0.4, -0.2) is 24.5 Å². The molecule has 122 valence electrons. The maximum absolute atomic E-state index is 13.3. The second kappa shape index (κ2) is 6.24. The van der Waals surface area contributed by atoms with Crippen LogP contribution in [0.15, 0.2) is 67.4 Å². The fraction of sp³-hybridized carbons (Fsp3) is 0.0526. The zero-order chi connectivity index (χ0) is 17.2. The van der Waals surface area contributed by atoms with Crippen LogP contribution in [-0.2, 0) is 7.05 Å². The van der Waals surface area contributed by atoms with E-state index in [0.29, 0.717) is 11.4 Å². The fourth-order valence-corrected chi connectivity index (χ4v) is 2.61. The molecule has 4 aromatic rings. The molecule has 4 rings (SSSR count). The Morgan fingerprint density at radius 2 is 1.72 bits per heavy atom. The van der Waals surface area contributed by atoms with Crippen molar-refractivity contribution in [3.05, 3.63) is 73.2 Å². The van der Waals surface area contributed by atoms with E-state index in [1.165, 1.54) is 12.1 Å². The minimum absolute atomic E-state index is 0.309. The highest BCUT2D eigenvalue weighted by Crippen LogP contribution is 2.24. The van der Waals surface area contributed by atoms with Crippen LogP contribution in [0.3, 0.4) is 0 Å². The summed E-state index contributed by atoms with van der Waals surface area (Å²) in [6, 6.07) is 10.1. The van der Waals surface area contributed by atoms with Gasteiger partial charge in [0.1, 0.15) is 11.6 Å². The van der Waals surface area contributed by atoms with Crippen molar-refractivity contribution < 1.29 is 4.39 Å². The van der Waals surface area contributed by atoms with Crippen LogP contribution in [0.5, 0.6) is 0 Å². The molecular formula is C19H14FN5. The minimum Gasteiger partial charge on any atom is -0.333 e. The molecule has 0 saturated heterocycles. The van der Waals surface area contributed by atoms with Crippen LogP contribution >= 0.6 is 0 Å². The van der Waals surface area contributed by atoms with E-state index >= 15 is 0 Å². The highest BCUT2D eigenvalue weighted by Gasteiger charge is 2.11. The Balaban J connectivity index is 1.67. The number of imidazole rings is 1. The fourth-order valence-electron chi connectivity index (χ4n) is 2.61. The van der Waals surface area contributed by atoms with Gasteiger partial charge in [-0.25, -0.2) is 19.3 Å². The predicted molar refractivity (Wildman–Crippen MR) is 92.9 cm³/mol. The number of halogens is 1. The minimum atomic E-state index is -0.309. The van der Waals surface area contributed by atoms with Gasteiger partial charge in [0.25, 0.3) is 0 Å². The normalized spacial score (nSPS) is 10.8. The largest absolute Gasteiger partial charge is 0.333 e. The number of nitrogens with zero attached hydrogens (tertiary/aromatic N) is 5. The average Bonchev–Trinajstić information content (AvgIpc) is 3.04. The molecule has 0 radical (unpaired) electrons. The van der Waals surface area contributed by atoms with E-state index < -0.39 is 0 Å². The van der Waals surface area contributed by atoms with Crippen LogP contribution in [0, 0.1) is 5.82 Å². The summed E-state index contributed by atoms with van der Waals surface area (Å²) >= 11 is 0. The van der Waals surface area contributed by atoms with Gasteiger partial charge in [0.2, 0.25) is 0 Å². The Hall–Kier alpha value is -3.41. The van der Waals surface area contributed by atoms with E-state index in [4.69, 9.17) is 0 Å². The van der Waals surface area contributed by atoms with Crippen molar-refractivity contribution in [2.75, 3.05) is 0 Å². The van der Waals surface area contributed by atoms with Crippen LogP contribution < -0.4 is 0 Å². The van der Waals surface area contributed by atoms with E-state index in [0.717, 1.165) is 22.6 Å². The molecule has 0 fully saturated rings. The standard InChI is InChI=1S/C19H14FN5/c1-25-12-17(24-19(25)14-5-3-7-21-9-14)15-10-22-18(23-11-15)13-4-2-6-16(20)8-13/h2-12H,1H3. The molecule has 25 heavy (non-hydrogen) atoms. The number of pyridine rings is 1. The zero-order valence-corrected chi connectivity index (χ0v) is 13.5. The van der Waals surface area contributed by atoms with Crippen molar-refractivity contribution in [2.45, 2.75) is 0 Å². The van der Waals surface area contributed by atoms with Gasteiger partial charge in [-0.15, -0.1) is 0 Å². The molecule has 0 spiro atoms. The highest BCUT2D eigenvalue weighted by molar-refractivity contribution is 5.64. The van der Waals surface area contributed by atoms with Crippen LogP contribution in [0.25, 0.3) is 34.0 Å². The van der Waals surface area contributed by atoms with Crippen molar-refractivity contribution in [1.29, 1.82) is 0 Å². The molecule has 0 aliphatic heterocycles. The number of rotatable bonds is 3. The topological polar surface area (TPSA) is 56.5 Å².